The Labute approximate surface area is 130 Å². The van der Waals surface area contributed by atoms with Gasteiger partial charge >= 0.3 is 0 Å². The van der Waals surface area contributed by atoms with Crippen molar-refractivity contribution in [2.75, 3.05) is 0 Å². The van der Waals surface area contributed by atoms with E-state index in [1.165, 1.54) is 27.9 Å². The Morgan fingerprint density at radius 1 is 1.09 bits per heavy atom. The largest absolute Gasteiger partial charge is 0.319 e. The molecule has 1 unspecified atom stereocenters. The summed E-state index contributed by atoms with van der Waals surface area (Å²) < 4.78 is 2.25. The zero-order chi connectivity index (χ0) is 14.9. The lowest BCUT2D eigenvalue weighted by molar-refractivity contribution is 0.738. The van der Waals surface area contributed by atoms with Crippen molar-refractivity contribution < 1.29 is 0 Å². The molecule has 0 spiro atoms. The Morgan fingerprint density at radius 3 is 2.82 bits per heavy atom. The van der Waals surface area contributed by atoms with Crippen LogP contribution in [0.2, 0.25) is 0 Å². The van der Waals surface area contributed by atoms with Crippen molar-refractivity contribution >= 4 is 6.08 Å². The SMILES string of the molecule is CCc1ccccc1/C=C/C1c2ccccc2-c2cncn21. The van der Waals surface area contributed by atoms with Crippen molar-refractivity contribution in [1.82, 2.24) is 9.55 Å². The van der Waals surface area contributed by atoms with Gasteiger partial charge in [-0.2, -0.15) is 0 Å². The van der Waals surface area contributed by atoms with Crippen LogP contribution in [0.4, 0.5) is 0 Å². The molecule has 1 atom stereocenters. The second kappa shape index (κ2) is 5.30. The second-order valence-electron chi connectivity index (χ2n) is 5.63. The summed E-state index contributed by atoms with van der Waals surface area (Å²) in [4.78, 5) is 4.31. The minimum absolute atomic E-state index is 0.235. The van der Waals surface area contributed by atoms with Gasteiger partial charge in [0, 0.05) is 5.56 Å². The molecule has 0 saturated carbocycles. The summed E-state index contributed by atoms with van der Waals surface area (Å²) in [5.74, 6) is 0. The number of aryl methyl sites for hydroxylation is 1. The standard InChI is InChI=1S/C20H18N2/c1-2-15-7-3-4-8-16(15)11-12-19-17-9-5-6-10-18(17)20-13-21-14-22(19)20/h3-14,19H,2H2,1H3/b12-11+. The first kappa shape index (κ1) is 13.1. The molecule has 3 aromatic rings. The lowest BCUT2D eigenvalue weighted by atomic mass is 10.0. The minimum atomic E-state index is 0.235. The fraction of sp³-hybridized carbons (Fsp3) is 0.150. The molecule has 0 fully saturated rings. The van der Waals surface area contributed by atoms with Crippen molar-refractivity contribution in [2.24, 2.45) is 0 Å². The van der Waals surface area contributed by atoms with Crippen molar-refractivity contribution in [3.63, 3.8) is 0 Å². The molecular weight excluding hydrogens is 268 g/mol. The molecule has 4 rings (SSSR count). The molecule has 0 N–H and O–H groups in total. The fourth-order valence-corrected chi connectivity index (χ4v) is 3.28. The quantitative estimate of drug-likeness (QED) is 0.680. The molecule has 1 aliphatic rings. The van der Waals surface area contributed by atoms with Crippen molar-refractivity contribution in [3.05, 3.63) is 83.8 Å². The first-order valence-corrected chi connectivity index (χ1v) is 7.75. The number of imidazole rings is 1. The maximum absolute atomic E-state index is 4.31. The van der Waals surface area contributed by atoms with E-state index in [0.29, 0.717) is 0 Å². The molecule has 1 aromatic heterocycles. The van der Waals surface area contributed by atoms with Crippen LogP contribution in [0.25, 0.3) is 17.3 Å². The maximum Gasteiger partial charge on any atom is 0.0959 e. The van der Waals surface area contributed by atoms with E-state index < -0.39 is 0 Å². The highest BCUT2D eigenvalue weighted by Gasteiger charge is 2.25. The summed E-state index contributed by atoms with van der Waals surface area (Å²) in [6.07, 6.45) is 9.46. The van der Waals surface area contributed by atoms with E-state index in [4.69, 9.17) is 0 Å². The predicted molar refractivity (Wildman–Crippen MR) is 90.7 cm³/mol. The zero-order valence-corrected chi connectivity index (χ0v) is 12.6. The van der Waals surface area contributed by atoms with Gasteiger partial charge in [-0.25, -0.2) is 4.98 Å². The summed E-state index contributed by atoms with van der Waals surface area (Å²) >= 11 is 0. The Bertz CT molecular complexity index is 842. The number of nitrogens with zero attached hydrogens (tertiary/aromatic N) is 2. The van der Waals surface area contributed by atoms with Gasteiger partial charge in [-0.1, -0.05) is 67.6 Å². The average Bonchev–Trinajstić information content (AvgIpc) is 3.15. The molecule has 2 nitrogen and oxygen atoms in total. The Balaban J connectivity index is 1.76. The van der Waals surface area contributed by atoms with Gasteiger partial charge in [0.1, 0.15) is 0 Å². The summed E-state index contributed by atoms with van der Waals surface area (Å²) in [6, 6.07) is 17.4. The first-order chi connectivity index (χ1) is 10.9. The number of aromatic nitrogens is 2. The number of hydrogen-bond acceptors (Lipinski definition) is 1. The highest BCUT2D eigenvalue weighted by atomic mass is 15.1. The fourth-order valence-electron chi connectivity index (χ4n) is 3.28. The van der Waals surface area contributed by atoms with Crippen LogP contribution in [0.1, 0.15) is 29.7 Å². The number of benzene rings is 2. The summed E-state index contributed by atoms with van der Waals surface area (Å²) in [5.41, 5.74) is 6.53. The molecule has 0 amide bonds. The zero-order valence-electron chi connectivity index (χ0n) is 12.6. The molecule has 0 radical (unpaired) electrons. The van der Waals surface area contributed by atoms with E-state index in [1.807, 2.05) is 12.5 Å². The van der Waals surface area contributed by atoms with Gasteiger partial charge in [0.15, 0.2) is 0 Å². The molecular formula is C20H18N2. The van der Waals surface area contributed by atoms with Crippen LogP contribution >= 0.6 is 0 Å². The van der Waals surface area contributed by atoms with E-state index in [1.54, 1.807) is 0 Å². The number of allylic oxidation sites excluding steroid dienone is 1. The lowest BCUT2D eigenvalue weighted by Gasteiger charge is -2.10. The van der Waals surface area contributed by atoms with E-state index in [0.717, 1.165) is 6.42 Å². The molecule has 2 heterocycles. The number of rotatable bonds is 3. The van der Waals surface area contributed by atoms with Crippen LogP contribution in [-0.2, 0) is 6.42 Å². The monoisotopic (exact) mass is 286 g/mol. The van der Waals surface area contributed by atoms with Crippen LogP contribution in [-0.4, -0.2) is 9.55 Å². The van der Waals surface area contributed by atoms with Crippen molar-refractivity contribution in [1.29, 1.82) is 0 Å². The van der Waals surface area contributed by atoms with Gasteiger partial charge in [0.25, 0.3) is 0 Å². The summed E-state index contributed by atoms with van der Waals surface area (Å²) in [7, 11) is 0. The highest BCUT2D eigenvalue weighted by molar-refractivity contribution is 5.70. The van der Waals surface area contributed by atoms with E-state index >= 15 is 0 Å². The van der Waals surface area contributed by atoms with Gasteiger partial charge in [0.05, 0.1) is 24.3 Å². The lowest BCUT2D eigenvalue weighted by Crippen LogP contribution is -2.01. The van der Waals surface area contributed by atoms with Crippen molar-refractivity contribution in [3.8, 4) is 11.3 Å². The Morgan fingerprint density at radius 2 is 1.91 bits per heavy atom. The Kier molecular flexibility index (Phi) is 3.15. The van der Waals surface area contributed by atoms with E-state index in [2.05, 4.69) is 77.2 Å². The summed E-state index contributed by atoms with van der Waals surface area (Å²) in [5, 5.41) is 0. The van der Waals surface area contributed by atoms with Gasteiger partial charge in [0.2, 0.25) is 0 Å². The normalized spacial score (nSPS) is 16.0. The average molecular weight is 286 g/mol. The van der Waals surface area contributed by atoms with Crippen LogP contribution < -0.4 is 0 Å². The Hall–Kier alpha value is -2.61. The van der Waals surface area contributed by atoms with Gasteiger partial charge in [-0.05, 0) is 23.1 Å². The van der Waals surface area contributed by atoms with Crippen LogP contribution in [0, 0.1) is 0 Å². The molecule has 0 bridgehead atoms. The van der Waals surface area contributed by atoms with E-state index in [-0.39, 0.29) is 6.04 Å². The van der Waals surface area contributed by atoms with Crippen LogP contribution in [0.3, 0.4) is 0 Å². The highest BCUT2D eigenvalue weighted by Crippen LogP contribution is 2.39. The minimum Gasteiger partial charge on any atom is -0.319 e. The van der Waals surface area contributed by atoms with Crippen LogP contribution in [0.5, 0.6) is 0 Å². The number of hydrogen-bond donors (Lipinski definition) is 0. The third-order valence-corrected chi connectivity index (χ3v) is 4.42. The van der Waals surface area contributed by atoms with Gasteiger partial charge in [-0.15, -0.1) is 0 Å². The molecule has 108 valence electrons. The van der Waals surface area contributed by atoms with Gasteiger partial charge in [-0.3, -0.25) is 0 Å². The number of fused-ring (bicyclic) bond motifs is 3. The topological polar surface area (TPSA) is 17.8 Å². The molecule has 0 aliphatic carbocycles. The predicted octanol–water partition coefficient (Wildman–Crippen LogP) is 4.73. The maximum atomic E-state index is 4.31. The molecule has 2 heteroatoms. The molecule has 2 aromatic carbocycles. The third kappa shape index (κ3) is 2.00. The first-order valence-electron chi connectivity index (χ1n) is 7.75. The smallest absolute Gasteiger partial charge is 0.0959 e. The van der Waals surface area contributed by atoms with Crippen molar-refractivity contribution in [2.45, 2.75) is 19.4 Å². The summed E-state index contributed by atoms with van der Waals surface area (Å²) in [6.45, 7) is 2.20. The van der Waals surface area contributed by atoms with Crippen LogP contribution in [0.15, 0.2) is 67.1 Å². The van der Waals surface area contributed by atoms with E-state index in [9.17, 15) is 0 Å². The second-order valence-corrected chi connectivity index (χ2v) is 5.63. The molecule has 22 heavy (non-hydrogen) atoms. The van der Waals surface area contributed by atoms with Gasteiger partial charge < -0.3 is 4.57 Å². The third-order valence-electron chi connectivity index (χ3n) is 4.42. The molecule has 0 saturated heterocycles. The molecule has 1 aliphatic heterocycles.